The zero-order chi connectivity index (χ0) is 25.6. The van der Waals surface area contributed by atoms with Gasteiger partial charge in [0.25, 0.3) is 0 Å². The van der Waals surface area contributed by atoms with Crippen molar-refractivity contribution in [3.63, 3.8) is 0 Å². The van der Waals surface area contributed by atoms with Crippen LogP contribution in [0.15, 0.2) is 23.3 Å². The second kappa shape index (κ2) is 10.2. The molecule has 200 valence electrons. The van der Waals surface area contributed by atoms with E-state index < -0.39 is 29.3 Å². The van der Waals surface area contributed by atoms with E-state index in [0.29, 0.717) is 37.2 Å². The second-order valence-corrected chi connectivity index (χ2v) is 13.3. The summed E-state index contributed by atoms with van der Waals surface area (Å²) in [7, 11) is 0. The van der Waals surface area contributed by atoms with Gasteiger partial charge in [0.15, 0.2) is 0 Å². The average Bonchev–Trinajstić information content (AvgIpc) is 3.14. The Bertz CT molecular complexity index is 812. The highest BCUT2D eigenvalue weighted by atomic mass is 16.5. The van der Waals surface area contributed by atoms with Crippen molar-refractivity contribution >= 4 is 0 Å². The Balaban J connectivity index is 1.52. The molecule has 0 aromatic heterocycles. The molecule has 4 N–H and O–H groups in total. The molecule has 0 bridgehead atoms. The monoisotopic (exact) mass is 490 g/mol. The third-order valence-electron chi connectivity index (χ3n) is 10.6. The Morgan fingerprint density at radius 1 is 1.09 bits per heavy atom. The van der Waals surface area contributed by atoms with Gasteiger partial charge in [-0.1, -0.05) is 56.9 Å². The van der Waals surface area contributed by atoms with Crippen molar-refractivity contribution in [2.45, 2.75) is 116 Å². The van der Waals surface area contributed by atoms with E-state index in [1.54, 1.807) is 0 Å². The van der Waals surface area contributed by atoms with Crippen molar-refractivity contribution in [3.05, 3.63) is 23.3 Å². The van der Waals surface area contributed by atoms with Gasteiger partial charge in [-0.25, -0.2) is 0 Å². The Hall–Kier alpha value is -0.720. The van der Waals surface area contributed by atoms with Crippen LogP contribution in [0.25, 0.3) is 0 Å². The standard InChI is InChI=1S/C30H50O5/c1-19(8-6-14-28(2,3)34)22-11-12-23-21-10-9-20-18-25(32)26(35-17-7-16-31)27(33)30(20,5)24(21)13-15-29(22,23)4/h9-10,19,22-27,31-34H,6-8,11-18H2,1-5H3/t19-,22-,23?,24?,25-,26-,27+,29-,30+/m1/s1. The highest BCUT2D eigenvalue weighted by Gasteiger charge is 2.60. The van der Waals surface area contributed by atoms with Gasteiger partial charge in [0.05, 0.1) is 17.8 Å². The fourth-order valence-electron chi connectivity index (χ4n) is 8.57. The quantitative estimate of drug-likeness (QED) is 0.350. The molecule has 4 rings (SSSR count). The van der Waals surface area contributed by atoms with Crippen LogP contribution >= 0.6 is 0 Å². The minimum atomic E-state index is -0.757. The molecule has 3 fully saturated rings. The first-order valence-electron chi connectivity index (χ1n) is 14.2. The smallest absolute Gasteiger partial charge is 0.110 e. The number of allylic oxidation sites excluding steroid dienone is 3. The van der Waals surface area contributed by atoms with E-state index in [9.17, 15) is 15.3 Å². The molecule has 0 radical (unpaired) electrons. The molecule has 4 aliphatic carbocycles. The van der Waals surface area contributed by atoms with Crippen LogP contribution in [0.5, 0.6) is 0 Å². The first-order valence-corrected chi connectivity index (χ1v) is 14.2. The average molecular weight is 491 g/mol. The second-order valence-electron chi connectivity index (χ2n) is 13.3. The van der Waals surface area contributed by atoms with Crippen LogP contribution in [0.3, 0.4) is 0 Å². The lowest BCUT2D eigenvalue weighted by atomic mass is 9.49. The first kappa shape index (κ1) is 27.3. The molecule has 9 atom stereocenters. The maximum absolute atomic E-state index is 11.6. The van der Waals surface area contributed by atoms with E-state index in [-0.39, 0.29) is 17.9 Å². The lowest BCUT2D eigenvalue weighted by Crippen LogP contribution is -2.59. The molecular formula is C30H50O5. The van der Waals surface area contributed by atoms with Crippen LogP contribution in [0, 0.1) is 34.5 Å². The van der Waals surface area contributed by atoms with E-state index in [1.165, 1.54) is 31.3 Å². The summed E-state index contributed by atoms with van der Waals surface area (Å²) < 4.78 is 5.93. The molecule has 0 saturated heterocycles. The summed E-state index contributed by atoms with van der Waals surface area (Å²) in [5, 5.41) is 41.6. The number of aliphatic hydroxyl groups excluding tert-OH is 3. The van der Waals surface area contributed by atoms with Gasteiger partial charge in [-0.15, -0.1) is 0 Å². The summed E-state index contributed by atoms with van der Waals surface area (Å²) in [6.45, 7) is 11.4. The topological polar surface area (TPSA) is 90.2 Å². The van der Waals surface area contributed by atoms with Crippen LogP contribution < -0.4 is 0 Å². The van der Waals surface area contributed by atoms with Crippen molar-refractivity contribution < 1.29 is 25.2 Å². The minimum absolute atomic E-state index is 0.0501. The third-order valence-corrected chi connectivity index (χ3v) is 10.6. The van der Waals surface area contributed by atoms with Gasteiger partial charge in [-0.3, -0.25) is 0 Å². The predicted molar refractivity (Wildman–Crippen MR) is 139 cm³/mol. The number of ether oxygens (including phenoxy) is 1. The predicted octanol–water partition coefficient (Wildman–Crippen LogP) is 4.77. The summed E-state index contributed by atoms with van der Waals surface area (Å²) in [6.07, 6.45) is 11.3. The third kappa shape index (κ3) is 4.93. The summed E-state index contributed by atoms with van der Waals surface area (Å²) in [4.78, 5) is 0. The van der Waals surface area contributed by atoms with E-state index in [1.807, 2.05) is 13.8 Å². The molecule has 4 aliphatic rings. The number of hydrogen-bond acceptors (Lipinski definition) is 5. The maximum atomic E-state index is 11.6. The van der Waals surface area contributed by atoms with Crippen LogP contribution in [0.1, 0.15) is 92.4 Å². The number of fused-ring (bicyclic) bond motifs is 5. The lowest BCUT2D eigenvalue weighted by Gasteiger charge is -2.57. The maximum Gasteiger partial charge on any atom is 0.110 e. The molecule has 0 heterocycles. The van der Waals surface area contributed by atoms with Gasteiger partial charge in [0.1, 0.15) is 6.10 Å². The molecule has 0 amide bonds. The van der Waals surface area contributed by atoms with Gasteiger partial charge < -0.3 is 25.2 Å². The van der Waals surface area contributed by atoms with Crippen LogP contribution in [-0.2, 0) is 4.74 Å². The van der Waals surface area contributed by atoms with Gasteiger partial charge in [0.2, 0.25) is 0 Å². The highest BCUT2D eigenvalue weighted by molar-refractivity contribution is 5.40. The van der Waals surface area contributed by atoms with Crippen molar-refractivity contribution in [1.82, 2.24) is 0 Å². The van der Waals surface area contributed by atoms with Gasteiger partial charge >= 0.3 is 0 Å². The lowest BCUT2D eigenvalue weighted by molar-refractivity contribution is -0.162. The van der Waals surface area contributed by atoms with E-state index in [0.717, 1.165) is 24.8 Å². The summed E-state index contributed by atoms with van der Waals surface area (Å²) in [5.74, 6) is 2.18. The highest BCUT2D eigenvalue weighted by Crippen LogP contribution is 2.66. The molecule has 5 nitrogen and oxygen atoms in total. The van der Waals surface area contributed by atoms with Gasteiger partial charge in [-0.2, -0.15) is 0 Å². The summed E-state index contributed by atoms with van der Waals surface area (Å²) >= 11 is 0. The van der Waals surface area contributed by atoms with Crippen molar-refractivity contribution in [2.24, 2.45) is 34.5 Å². The minimum Gasteiger partial charge on any atom is -0.396 e. The van der Waals surface area contributed by atoms with Crippen LogP contribution in [-0.4, -0.2) is 57.6 Å². The van der Waals surface area contributed by atoms with E-state index in [2.05, 4.69) is 32.9 Å². The SMILES string of the molecule is C[C@H](CCCC(C)(C)O)[C@H]1CCC2C3=CC=C4C[C@@H](O)[C@@H](OCCCO)[C@H](O)[C@]4(C)C3CC[C@@]21C. The van der Waals surface area contributed by atoms with Gasteiger partial charge in [0, 0.05) is 18.6 Å². The fraction of sp³-hybridized carbons (Fsp3) is 0.867. The van der Waals surface area contributed by atoms with Crippen molar-refractivity contribution in [2.75, 3.05) is 13.2 Å². The Kier molecular flexibility index (Phi) is 7.97. The first-order chi connectivity index (χ1) is 16.4. The zero-order valence-corrected chi connectivity index (χ0v) is 22.7. The van der Waals surface area contributed by atoms with E-state index >= 15 is 0 Å². The van der Waals surface area contributed by atoms with E-state index in [4.69, 9.17) is 9.84 Å². The molecule has 0 aromatic carbocycles. The molecule has 35 heavy (non-hydrogen) atoms. The number of rotatable bonds is 9. The fourth-order valence-corrected chi connectivity index (χ4v) is 8.57. The molecule has 5 heteroatoms. The van der Waals surface area contributed by atoms with Crippen molar-refractivity contribution in [3.8, 4) is 0 Å². The van der Waals surface area contributed by atoms with Crippen LogP contribution in [0.2, 0.25) is 0 Å². The summed E-state index contributed by atoms with van der Waals surface area (Å²) in [6, 6.07) is 0. The summed E-state index contributed by atoms with van der Waals surface area (Å²) in [5.41, 5.74) is 1.96. The van der Waals surface area contributed by atoms with Gasteiger partial charge in [-0.05, 0) is 87.9 Å². The molecule has 2 unspecified atom stereocenters. The Morgan fingerprint density at radius 2 is 1.83 bits per heavy atom. The largest absolute Gasteiger partial charge is 0.396 e. The molecule has 0 spiro atoms. The molecule has 0 aromatic rings. The molecular weight excluding hydrogens is 440 g/mol. The molecule has 0 aliphatic heterocycles. The Morgan fingerprint density at radius 3 is 2.51 bits per heavy atom. The molecule has 3 saturated carbocycles. The number of hydrogen-bond donors (Lipinski definition) is 4. The zero-order valence-electron chi connectivity index (χ0n) is 22.7. The number of aliphatic hydroxyl groups is 4. The van der Waals surface area contributed by atoms with Crippen LogP contribution in [0.4, 0.5) is 0 Å². The normalized spacial score (nSPS) is 42.0. The Labute approximate surface area is 212 Å². The van der Waals surface area contributed by atoms with Crippen molar-refractivity contribution in [1.29, 1.82) is 0 Å².